The summed E-state index contributed by atoms with van der Waals surface area (Å²) in [5.74, 6) is -0.346. The smallest absolute Gasteiger partial charge is 0.409 e. The van der Waals surface area contributed by atoms with Crippen molar-refractivity contribution in [1.82, 2.24) is 19.4 Å². The highest BCUT2D eigenvalue weighted by Crippen LogP contribution is 2.34. The summed E-state index contributed by atoms with van der Waals surface area (Å²) in [6.45, 7) is 8.64. The first-order valence-electron chi connectivity index (χ1n) is 10.4. The Hall–Kier alpha value is -2.35. The molecule has 0 radical (unpaired) electrons. The van der Waals surface area contributed by atoms with Crippen molar-refractivity contribution < 1.29 is 13.9 Å². The normalized spacial score (nSPS) is 22.3. The molecule has 0 saturated carbocycles. The predicted octanol–water partition coefficient (Wildman–Crippen LogP) is 2.97. The molecule has 2 fully saturated rings. The molecule has 2 saturated heterocycles. The lowest BCUT2D eigenvalue weighted by Gasteiger charge is -2.41. The van der Waals surface area contributed by atoms with Gasteiger partial charge in [-0.05, 0) is 49.8 Å². The molecule has 29 heavy (non-hydrogen) atoms. The van der Waals surface area contributed by atoms with Gasteiger partial charge in [-0.15, -0.1) is 0 Å². The Labute approximate surface area is 169 Å². The molecular weight excluding hydrogens is 375 g/mol. The van der Waals surface area contributed by atoms with Crippen LogP contribution in [0.2, 0.25) is 0 Å². The average Bonchev–Trinajstić information content (AvgIpc) is 3.24. The number of H-pyrrole nitrogens is 1. The Morgan fingerprint density at radius 1 is 1.31 bits per heavy atom. The third kappa shape index (κ3) is 4.03. The van der Waals surface area contributed by atoms with Gasteiger partial charge in [0.25, 0.3) is 0 Å². The van der Waals surface area contributed by atoms with Gasteiger partial charge < -0.3 is 19.5 Å². The molecule has 3 heterocycles. The highest BCUT2D eigenvalue weighted by molar-refractivity contribution is 5.75. The first kappa shape index (κ1) is 19.9. The summed E-state index contributed by atoms with van der Waals surface area (Å²) in [6.07, 6.45) is 2.57. The number of rotatable bonds is 4. The second-order valence-electron chi connectivity index (χ2n) is 8.64. The minimum Gasteiger partial charge on any atom is -0.450 e. The predicted molar refractivity (Wildman–Crippen MR) is 109 cm³/mol. The molecule has 2 aliphatic rings. The average molecular weight is 404 g/mol. The zero-order valence-electron chi connectivity index (χ0n) is 17.1. The molecule has 1 aromatic carbocycles. The number of nitrogens with one attached hydrogen (secondary N) is 1. The first-order valence-corrected chi connectivity index (χ1v) is 10.4. The van der Waals surface area contributed by atoms with Crippen molar-refractivity contribution in [3.8, 4) is 0 Å². The van der Waals surface area contributed by atoms with E-state index in [9.17, 15) is 14.0 Å². The SMILES string of the molecule is CCOC(=O)N1CCC(C)(CN2CC[C@@H](n3c(=O)[nH]c4cc(F)ccc43)C2)CC1. The van der Waals surface area contributed by atoms with Gasteiger partial charge in [-0.3, -0.25) is 4.57 Å². The van der Waals surface area contributed by atoms with Crippen molar-refractivity contribution in [2.45, 2.75) is 39.2 Å². The molecule has 1 atom stereocenters. The lowest BCUT2D eigenvalue weighted by molar-refractivity contribution is 0.0599. The largest absolute Gasteiger partial charge is 0.450 e. The van der Waals surface area contributed by atoms with Crippen molar-refractivity contribution in [3.05, 3.63) is 34.5 Å². The van der Waals surface area contributed by atoms with Crippen LogP contribution in [0.5, 0.6) is 0 Å². The van der Waals surface area contributed by atoms with Gasteiger partial charge >= 0.3 is 11.8 Å². The van der Waals surface area contributed by atoms with E-state index in [1.807, 2.05) is 6.92 Å². The van der Waals surface area contributed by atoms with E-state index in [1.165, 1.54) is 12.1 Å². The number of fused-ring (bicyclic) bond motifs is 1. The number of likely N-dealkylation sites (tertiary alicyclic amines) is 2. The Bertz CT molecular complexity index is 945. The van der Waals surface area contributed by atoms with E-state index in [1.54, 1.807) is 15.5 Å². The van der Waals surface area contributed by atoms with E-state index in [0.29, 0.717) is 12.1 Å². The van der Waals surface area contributed by atoms with E-state index < -0.39 is 0 Å². The van der Waals surface area contributed by atoms with E-state index in [-0.39, 0.29) is 29.1 Å². The third-order valence-corrected chi connectivity index (χ3v) is 6.39. The molecule has 0 spiro atoms. The van der Waals surface area contributed by atoms with E-state index in [0.717, 1.165) is 57.5 Å². The number of aromatic nitrogens is 2. The van der Waals surface area contributed by atoms with E-state index in [2.05, 4.69) is 16.8 Å². The van der Waals surface area contributed by atoms with Crippen LogP contribution < -0.4 is 5.69 Å². The molecule has 7 nitrogen and oxygen atoms in total. The molecule has 0 aliphatic carbocycles. The number of nitrogens with zero attached hydrogens (tertiary/aromatic N) is 3. The van der Waals surface area contributed by atoms with Crippen LogP contribution in [-0.2, 0) is 4.74 Å². The van der Waals surface area contributed by atoms with Crippen LogP contribution in [0.4, 0.5) is 9.18 Å². The van der Waals surface area contributed by atoms with Crippen LogP contribution in [-0.4, -0.2) is 64.8 Å². The Kier molecular flexibility index (Phi) is 5.38. The molecule has 0 unspecified atom stereocenters. The number of aromatic amines is 1. The number of carbonyl (C=O) groups is 1. The summed E-state index contributed by atoms with van der Waals surface area (Å²) in [4.78, 5) is 31.4. The van der Waals surface area contributed by atoms with Crippen molar-refractivity contribution >= 4 is 17.1 Å². The summed E-state index contributed by atoms with van der Waals surface area (Å²) in [5.41, 5.74) is 1.28. The minimum absolute atomic E-state index is 0.0879. The Morgan fingerprint density at radius 2 is 2.07 bits per heavy atom. The summed E-state index contributed by atoms with van der Waals surface area (Å²) in [6, 6.07) is 4.54. The van der Waals surface area contributed by atoms with E-state index in [4.69, 9.17) is 4.74 Å². The van der Waals surface area contributed by atoms with Crippen LogP contribution in [0, 0.1) is 11.2 Å². The molecule has 1 amide bonds. The third-order valence-electron chi connectivity index (χ3n) is 6.39. The van der Waals surface area contributed by atoms with Crippen molar-refractivity contribution in [2.75, 3.05) is 39.3 Å². The number of piperidine rings is 1. The van der Waals surface area contributed by atoms with Crippen LogP contribution >= 0.6 is 0 Å². The number of ether oxygens (including phenoxy) is 1. The van der Waals surface area contributed by atoms with Crippen molar-refractivity contribution in [3.63, 3.8) is 0 Å². The van der Waals surface area contributed by atoms with Gasteiger partial charge in [-0.2, -0.15) is 0 Å². The highest BCUT2D eigenvalue weighted by atomic mass is 19.1. The number of carbonyl (C=O) groups excluding carboxylic acids is 1. The Morgan fingerprint density at radius 3 is 2.79 bits per heavy atom. The van der Waals surface area contributed by atoms with Gasteiger partial charge in [0.1, 0.15) is 5.82 Å². The van der Waals surface area contributed by atoms with Gasteiger partial charge in [-0.1, -0.05) is 6.92 Å². The van der Waals surface area contributed by atoms with Crippen LogP contribution in [0.15, 0.2) is 23.0 Å². The molecule has 1 aromatic heterocycles. The maximum Gasteiger partial charge on any atom is 0.409 e. The van der Waals surface area contributed by atoms with Gasteiger partial charge in [0.2, 0.25) is 0 Å². The molecule has 2 aliphatic heterocycles. The fourth-order valence-corrected chi connectivity index (χ4v) is 4.77. The Balaban J connectivity index is 1.39. The number of hydrogen-bond donors (Lipinski definition) is 1. The molecule has 1 N–H and O–H groups in total. The second-order valence-corrected chi connectivity index (χ2v) is 8.64. The number of halogens is 1. The van der Waals surface area contributed by atoms with Crippen LogP contribution in [0.1, 0.15) is 39.2 Å². The minimum atomic E-state index is -0.346. The molecular formula is C21H29FN4O3. The topological polar surface area (TPSA) is 70.6 Å². The zero-order chi connectivity index (χ0) is 20.6. The summed E-state index contributed by atoms with van der Waals surface area (Å²) in [7, 11) is 0. The number of benzene rings is 1. The van der Waals surface area contributed by atoms with Gasteiger partial charge in [-0.25, -0.2) is 14.0 Å². The maximum absolute atomic E-state index is 13.5. The summed E-state index contributed by atoms with van der Waals surface area (Å²) < 4.78 is 20.4. The molecule has 2 aromatic rings. The monoisotopic (exact) mass is 404 g/mol. The van der Waals surface area contributed by atoms with Crippen molar-refractivity contribution in [1.29, 1.82) is 0 Å². The lowest BCUT2D eigenvalue weighted by atomic mass is 9.80. The quantitative estimate of drug-likeness (QED) is 0.851. The summed E-state index contributed by atoms with van der Waals surface area (Å²) >= 11 is 0. The fraction of sp³-hybridized carbons (Fsp3) is 0.619. The number of imidazole rings is 1. The number of hydrogen-bond acceptors (Lipinski definition) is 4. The molecule has 0 bridgehead atoms. The standard InChI is InChI=1S/C21H29FN4O3/c1-3-29-20(28)25-10-7-21(2,8-11-25)14-24-9-6-16(13-24)26-18-5-4-15(22)12-17(18)23-19(26)27/h4-5,12,16H,3,6-11,13-14H2,1-2H3,(H,23,27)/t16-/m1/s1. The first-order chi connectivity index (χ1) is 13.9. The molecule has 158 valence electrons. The molecule has 4 rings (SSSR count). The maximum atomic E-state index is 13.5. The molecule has 8 heteroatoms. The van der Waals surface area contributed by atoms with Crippen molar-refractivity contribution in [2.24, 2.45) is 5.41 Å². The second kappa shape index (κ2) is 7.82. The van der Waals surface area contributed by atoms with Gasteiger partial charge in [0.05, 0.1) is 23.7 Å². The van der Waals surface area contributed by atoms with Crippen LogP contribution in [0.3, 0.4) is 0 Å². The fourth-order valence-electron chi connectivity index (χ4n) is 4.77. The van der Waals surface area contributed by atoms with E-state index >= 15 is 0 Å². The number of amides is 1. The highest BCUT2D eigenvalue weighted by Gasteiger charge is 2.36. The summed E-state index contributed by atoms with van der Waals surface area (Å²) in [5, 5.41) is 0. The van der Waals surface area contributed by atoms with Crippen LogP contribution in [0.25, 0.3) is 11.0 Å². The van der Waals surface area contributed by atoms with Gasteiger partial charge in [0.15, 0.2) is 0 Å². The zero-order valence-corrected chi connectivity index (χ0v) is 17.1. The van der Waals surface area contributed by atoms with Gasteiger partial charge in [0, 0.05) is 32.7 Å². The lowest BCUT2D eigenvalue weighted by Crippen LogP contribution is -2.46.